The van der Waals surface area contributed by atoms with Crippen LogP contribution in [0.2, 0.25) is 0 Å². The largest absolute Gasteiger partial charge is 0.385 e. The first-order valence-electron chi connectivity index (χ1n) is 6.65. The number of hydrogen-bond donors (Lipinski definition) is 2. The highest BCUT2D eigenvalue weighted by Gasteiger charge is 2.17. The molecule has 112 valence electrons. The quantitative estimate of drug-likeness (QED) is 0.771. The van der Waals surface area contributed by atoms with Crippen LogP contribution in [0.25, 0.3) is 0 Å². The molecular weight excluding hydrogens is 296 g/mol. The first-order chi connectivity index (χ1) is 9.49. The highest BCUT2D eigenvalue weighted by molar-refractivity contribution is 7.89. The Hall–Kier alpha value is -0.920. The maximum atomic E-state index is 12.2. The van der Waals surface area contributed by atoms with E-state index in [9.17, 15) is 12.6 Å². The van der Waals surface area contributed by atoms with Crippen LogP contribution in [0.4, 0.5) is 5.69 Å². The highest BCUT2D eigenvalue weighted by Crippen LogP contribution is 2.24. The molecule has 0 bridgehead atoms. The van der Waals surface area contributed by atoms with Gasteiger partial charge in [0.1, 0.15) is 0 Å². The summed E-state index contributed by atoms with van der Waals surface area (Å²) in [7, 11) is -4.35. The average molecular weight is 316 g/mol. The van der Waals surface area contributed by atoms with Crippen molar-refractivity contribution in [1.82, 2.24) is 4.72 Å². The maximum absolute atomic E-state index is 12.2. The van der Waals surface area contributed by atoms with Gasteiger partial charge in [-0.05, 0) is 43.0 Å². The van der Waals surface area contributed by atoms with Crippen molar-refractivity contribution in [2.75, 3.05) is 30.4 Å². The Morgan fingerprint density at radius 1 is 1.40 bits per heavy atom. The van der Waals surface area contributed by atoms with Crippen LogP contribution >= 0.6 is 0 Å². The van der Waals surface area contributed by atoms with Gasteiger partial charge in [-0.15, -0.1) is 0 Å². The molecule has 0 aromatic heterocycles. The van der Waals surface area contributed by atoms with Crippen LogP contribution in [-0.2, 0) is 27.2 Å². The van der Waals surface area contributed by atoms with E-state index >= 15 is 0 Å². The van der Waals surface area contributed by atoms with Crippen LogP contribution in [0, 0.1) is 0 Å². The molecule has 2 rings (SSSR count). The van der Waals surface area contributed by atoms with E-state index in [2.05, 4.69) is 10.0 Å². The molecule has 1 atom stereocenters. The molecule has 1 aromatic carbocycles. The second-order valence-electron chi connectivity index (χ2n) is 4.88. The second-order valence-corrected chi connectivity index (χ2v) is 8.20. The van der Waals surface area contributed by atoms with E-state index in [0.717, 1.165) is 30.6 Å². The summed E-state index contributed by atoms with van der Waals surface area (Å²) in [6.07, 6.45) is 4.12. The number of benzene rings is 1. The lowest BCUT2D eigenvalue weighted by atomic mass is 10.0. The van der Waals surface area contributed by atoms with Crippen LogP contribution in [0.5, 0.6) is 0 Å². The van der Waals surface area contributed by atoms with Gasteiger partial charge in [-0.1, -0.05) is 0 Å². The Morgan fingerprint density at radius 3 is 2.95 bits per heavy atom. The standard InChI is InChI=1S/C13H20N2O3S2/c1-19(16)9-3-8-15-20(17,18)12-5-6-13-11(10-12)4-2-7-14-13/h5-6,10,14-15H,2-4,7-9H2,1H3. The van der Waals surface area contributed by atoms with Crippen molar-refractivity contribution in [3.05, 3.63) is 23.8 Å². The van der Waals surface area contributed by atoms with Crippen molar-refractivity contribution >= 4 is 26.5 Å². The van der Waals surface area contributed by atoms with E-state index in [1.165, 1.54) is 0 Å². The summed E-state index contributed by atoms with van der Waals surface area (Å²) in [5, 5.41) is 3.26. The Kier molecular flexibility index (Phi) is 5.17. The van der Waals surface area contributed by atoms with Crippen molar-refractivity contribution in [2.45, 2.75) is 24.2 Å². The van der Waals surface area contributed by atoms with Gasteiger partial charge in [0.15, 0.2) is 0 Å². The van der Waals surface area contributed by atoms with Gasteiger partial charge in [-0.3, -0.25) is 4.21 Å². The van der Waals surface area contributed by atoms with E-state index in [0.29, 0.717) is 23.6 Å². The summed E-state index contributed by atoms with van der Waals surface area (Å²) in [6, 6.07) is 5.18. The summed E-state index contributed by atoms with van der Waals surface area (Å²) in [6.45, 7) is 1.25. The monoisotopic (exact) mass is 316 g/mol. The molecule has 0 amide bonds. The maximum Gasteiger partial charge on any atom is 0.240 e. The summed E-state index contributed by atoms with van der Waals surface area (Å²) < 4.78 is 37.8. The first-order valence-corrected chi connectivity index (χ1v) is 9.86. The average Bonchev–Trinajstić information content (AvgIpc) is 2.43. The minimum absolute atomic E-state index is 0.303. The summed E-state index contributed by atoms with van der Waals surface area (Å²) in [4.78, 5) is 0.303. The number of sulfonamides is 1. The van der Waals surface area contributed by atoms with Crippen molar-refractivity contribution < 1.29 is 12.6 Å². The molecule has 5 nitrogen and oxygen atoms in total. The second kappa shape index (κ2) is 6.69. The van der Waals surface area contributed by atoms with Gasteiger partial charge >= 0.3 is 0 Å². The third kappa shape index (κ3) is 4.04. The molecule has 0 radical (unpaired) electrons. The molecule has 0 saturated heterocycles. The molecule has 0 spiro atoms. The van der Waals surface area contributed by atoms with E-state index in [1.54, 1.807) is 18.4 Å². The molecule has 2 N–H and O–H groups in total. The van der Waals surface area contributed by atoms with Crippen LogP contribution in [0.3, 0.4) is 0 Å². The van der Waals surface area contributed by atoms with E-state index < -0.39 is 20.8 Å². The van der Waals surface area contributed by atoms with Crippen molar-refractivity contribution in [3.63, 3.8) is 0 Å². The van der Waals surface area contributed by atoms with Crippen LogP contribution in [0.15, 0.2) is 23.1 Å². The van der Waals surface area contributed by atoms with E-state index in [1.807, 2.05) is 6.07 Å². The Balaban J connectivity index is 2.03. The molecule has 1 aromatic rings. The number of rotatable bonds is 6. The SMILES string of the molecule is CS(=O)CCCNS(=O)(=O)c1ccc2c(c1)CCCN2. The lowest BCUT2D eigenvalue weighted by Gasteiger charge is -2.18. The molecule has 7 heteroatoms. The van der Waals surface area contributed by atoms with Gasteiger partial charge in [0.05, 0.1) is 4.90 Å². The molecule has 0 aliphatic carbocycles. The molecule has 20 heavy (non-hydrogen) atoms. The zero-order valence-corrected chi connectivity index (χ0v) is 13.1. The van der Waals surface area contributed by atoms with E-state index in [4.69, 9.17) is 0 Å². The zero-order chi connectivity index (χ0) is 14.6. The molecule has 1 aliphatic heterocycles. The van der Waals surface area contributed by atoms with Gasteiger partial charge in [-0.25, -0.2) is 13.1 Å². The smallest absolute Gasteiger partial charge is 0.240 e. The summed E-state index contributed by atoms with van der Waals surface area (Å²) in [5.41, 5.74) is 2.07. The van der Waals surface area contributed by atoms with Crippen LogP contribution < -0.4 is 10.0 Å². The van der Waals surface area contributed by atoms with Crippen molar-refractivity contribution in [3.8, 4) is 0 Å². The highest BCUT2D eigenvalue weighted by atomic mass is 32.2. The van der Waals surface area contributed by atoms with Crippen LogP contribution in [0.1, 0.15) is 18.4 Å². The fourth-order valence-electron chi connectivity index (χ4n) is 2.18. The summed E-state index contributed by atoms with van der Waals surface area (Å²) in [5.74, 6) is 0.511. The van der Waals surface area contributed by atoms with Gasteiger partial charge in [-0.2, -0.15) is 0 Å². The number of anilines is 1. The molecule has 1 aliphatic rings. The van der Waals surface area contributed by atoms with Gasteiger partial charge in [0.25, 0.3) is 0 Å². The number of nitrogens with one attached hydrogen (secondary N) is 2. The first kappa shape index (κ1) is 15.5. The van der Waals surface area contributed by atoms with E-state index in [-0.39, 0.29) is 0 Å². The number of hydrogen-bond acceptors (Lipinski definition) is 4. The Bertz CT molecular complexity index is 600. The fraction of sp³-hybridized carbons (Fsp3) is 0.538. The number of fused-ring (bicyclic) bond motifs is 1. The minimum Gasteiger partial charge on any atom is -0.385 e. The third-order valence-corrected chi connectivity index (χ3v) is 5.55. The van der Waals surface area contributed by atoms with Crippen molar-refractivity contribution in [2.24, 2.45) is 0 Å². The van der Waals surface area contributed by atoms with Gasteiger partial charge in [0.2, 0.25) is 10.0 Å². The predicted octanol–water partition coefficient (Wildman–Crippen LogP) is 1.09. The molecule has 0 saturated carbocycles. The van der Waals surface area contributed by atoms with Gasteiger partial charge < -0.3 is 5.32 Å². The zero-order valence-electron chi connectivity index (χ0n) is 11.5. The summed E-state index contributed by atoms with van der Waals surface area (Å²) >= 11 is 0. The normalized spacial score (nSPS) is 16.2. The molecular formula is C13H20N2O3S2. The minimum atomic E-state index is -3.47. The fourth-order valence-corrected chi connectivity index (χ4v) is 3.86. The molecule has 1 unspecified atom stereocenters. The topological polar surface area (TPSA) is 75.3 Å². The van der Waals surface area contributed by atoms with Crippen LogP contribution in [-0.4, -0.2) is 37.7 Å². The van der Waals surface area contributed by atoms with Crippen molar-refractivity contribution in [1.29, 1.82) is 0 Å². The third-order valence-electron chi connectivity index (χ3n) is 3.23. The number of aryl methyl sites for hydroxylation is 1. The Morgan fingerprint density at radius 2 is 2.20 bits per heavy atom. The predicted molar refractivity (Wildman–Crippen MR) is 82.0 cm³/mol. The Labute approximate surface area is 122 Å². The molecule has 1 heterocycles. The molecule has 0 fully saturated rings. The lowest BCUT2D eigenvalue weighted by molar-refractivity contribution is 0.580. The lowest BCUT2D eigenvalue weighted by Crippen LogP contribution is -2.26. The van der Waals surface area contributed by atoms with Gasteiger partial charge in [0, 0.05) is 41.6 Å².